The summed E-state index contributed by atoms with van der Waals surface area (Å²) in [7, 11) is 2.98. The van der Waals surface area contributed by atoms with E-state index < -0.39 is 18.3 Å². The molecule has 5 fully saturated rings. The van der Waals surface area contributed by atoms with Gasteiger partial charge in [0.15, 0.2) is 17.5 Å². The van der Waals surface area contributed by atoms with Crippen molar-refractivity contribution in [1.82, 2.24) is 49.7 Å². The second kappa shape index (κ2) is 22.5. The van der Waals surface area contributed by atoms with Crippen molar-refractivity contribution in [3.8, 4) is 11.4 Å². The molecule has 8 aromatic heterocycles. The molecule has 13 heterocycles. The number of hydrogen-bond acceptors (Lipinski definition) is 18. The van der Waals surface area contributed by atoms with Crippen LogP contribution in [0.5, 0.6) is 0 Å². The SMILES string of the molecule is CC1(C)OB(c2cccc3[nH]cc(F)c23)OC1(C)C.COC1CN(Cc2cnc3sc4c(N5CCOCC5)nc(-c5cccc6[nH]cc(F)c56)nc4c3c2)C1.COC1CN(Cc2cnc3sc4c(N5CCOCC5)nc(Cl)nc4c3c2)C1. The summed E-state index contributed by atoms with van der Waals surface area (Å²) in [6.45, 7) is 19.2. The fourth-order valence-corrected chi connectivity index (χ4v) is 13.5. The molecule has 15 rings (SSSR count). The first-order chi connectivity index (χ1) is 39.7. The monoisotopic (exact) mass is 1170 g/mol. The number of nitrogens with one attached hydrogen (secondary N) is 2. The van der Waals surface area contributed by atoms with Gasteiger partial charge in [-0.25, -0.2) is 33.7 Å². The van der Waals surface area contributed by atoms with Gasteiger partial charge in [-0.2, -0.15) is 4.98 Å². The van der Waals surface area contributed by atoms with Gasteiger partial charge in [-0.15, -0.1) is 22.7 Å². The number of halogens is 3. The number of benzene rings is 2. The van der Waals surface area contributed by atoms with Gasteiger partial charge in [0.2, 0.25) is 5.28 Å². The van der Waals surface area contributed by atoms with E-state index in [1.807, 2.05) is 76.5 Å². The maximum atomic E-state index is 14.8. The second-order valence-corrected chi connectivity index (χ2v) is 24.6. The number of thiophene rings is 2. The maximum absolute atomic E-state index is 14.8. The Morgan fingerprint density at radius 1 is 0.659 bits per heavy atom. The van der Waals surface area contributed by atoms with E-state index in [2.05, 4.69) is 51.7 Å². The van der Waals surface area contributed by atoms with Crippen molar-refractivity contribution in [3.63, 3.8) is 0 Å². The molecular formula is C58H62BClF2N12O6S2. The molecule has 0 amide bonds. The molecule has 0 unspecified atom stereocenters. The number of likely N-dealkylation sites (tertiary alicyclic amines) is 2. The normalized spacial score (nSPS) is 18.9. The van der Waals surface area contributed by atoms with Gasteiger partial charge in [0, 0.05) is 143 Å². The van der Waals surface area contributed by atoms with Crippen molar-refractivity contribution in [3.05, 3.63) is 101 Å². The zero-order valence-corrected chi connectivity index (χ0v) is 48.8. The smallest absolute Gasteiger partial charge is 0.399 e. The molecule has 18 nitrogen and oxygen atoms in total. The third kappa shape index (κ3) is 10.6. The second-order valence-electron chi connectivity index (χ2n) is 22.3. The molecule has 0 spiro atoms. The average Bonchev–Trinajstić information content (AvgIpc) is 4.47. The van der Waals surface area contributed by atoms with Crippen LogP contribution in [0.2, 0.25) is 5.28 Å². The molecule has 5 aliphatic heterocycles. The van der Waals surface area contributed by atoms with Crippen LogP contribution in [0.15, 0.2) is 73.3 Å². The van der Waals surface area contributed by atoms with Crippen LogP contribution in [0.4, 0.5) is 20.4 Å². The van der Waals surface area contributed by atoms with Crippen LogP contribution in [0, 0.1) is 11.6 Å². The first-order valence-corrected chi connectivity index (χ1v) is 29.6. The standard InChI is InChI=1S/C26H25FN6O2S.C18H20ClN5O2S.C14H17BFNO2/c1-34-16-13-32(14-16)12-15-9-18-22-23(36-26(18)29-10-15)25(33-5-7-35-8-6-33)31-24(30-22)17-3-2-4-20-21(17)19(27)11-28-20;1-25-12-9-23(10-12)8-11-6-13-14-15(27-17(13)20-7-11)16(22-18(19)21-14)24-2-4-26-5-3-24;1-13(2)14(3,4)19-15(18-13)9-6-5-7-11-12(9)10(16)8-17-11/h2-4,9-11,16,28H,5-8,12-14H2,1H3;6-7,12H,2-5,8-10H2,1H3;5-8,17H,1-4H3. The Morgan fingerprint density at radius 2 is 1.15 bits per heavy atom. The van der Waals surface area contributed by atoms with E-state index >= 15 is 0 Å². The van der Waals surface area contributed by atoms with Gasteiger partial charge in [-0.3, -0.25) is 9.80 Å². The highest BCUT2D eigenvalue weighted by atomic mass is 35.5. The number of fused-ring (bicyclic) bond motifs is 8. The third-order valence-corrected chi connectivity index (χ3v) is 18.8. The molecule has 0 bridgehead atoms. The van der Waals surface area contributed by atoms with Crippen LogP contribution in [0.1, 0.15) is 38.8 Å². The molecule has 5 saturated heterocycles. The van der Waals surface area contributed by atoms with Crippen molar-refractivity contribution in [2.75, 3.05) is 103 Å². The summed E-state index contributed by atoms with van der Waals surface area (Å²) in [4.78, 5) is 45.6. The summed E-state index contributed by atoms with van der Waals surface area (Å²) in [5, 5.41) is 3.39. The summed E-state index contributed by atoms with van der Waals surface area (Å²) in [5.41, 5.74) is 6.12. The van der Waals surface area contributed by atoms with E-state index in [1.54, 1.807) is 36.9 Å². The summed E-state index contributed by atoms with van der Waals surface area (Å²) in [6, 6.07) is 15.6. The molecule has 2 aromatic carbocycles. The highest BCUT2D eigenvalue weighted by Crippen LogP contribution is 2.42. The number of H-pyrrole nitrogens is 2. The van der Waals surface area contributed by atoms with Crippen LogP contribution in [0.25, 0.3) is 74.1 Å². The average molecular weight is 1170 g/mol. The quantitative estimate of drug-likeness (QED) is 0.0977. The van der Waals surface area contributed by atoms with E-state index in [-0.39, 0.29) is 16.9 Å². The molecule has 0 aliphatic carbocycles. The number of rotatable bonds is 10. The van der Waals surface area contributed by atoms with Crippen molar-refractivity contribution in [2.45, 2.75) is 64.2 Å². The van der Waals surface area contributed by atoms with Crippen LogP contribution in [-0.4, -0.2) is 173 Å². The number of pyridine rings is 2. The topological polar surface area (TPSA) is 177 Å². The van der Waals surface area contributed by atoms with Gasteiger partial charge in [-0.05, 0) is 80.2 Å². The molecule has 10 aromatic rings. The number of aromatic nitrogens is 8. The Balaban J connectivity index is 0.000000122. The predicted octanol–water partition coefficient (Wildman–Crippen LogP) is 9.36. The number of nitrogens with zero attached hydrogens (tertiary/aromatic N) is 10. The van der Waals surface area contributed by atoms with Crippen molar-refractivity contribution < 1.29 is 37.0 Å². The van der Waals surface area contributed by atoms with E-state index in [0.717, 1.165) is 140 Å². The first kappa shape index (κ1) is 55.1. The lowest BCUT2D eigenvalue weighted by Crippen LogP contribution is -2.50. The van der Waals surface area contributed by atoms with Crippen LogP contribution < -0.4 is 15.3 Å². The minimum absolute atomic E-state index is 0.277. The summed E-state index contributed by atoms with van der Waals surface area (Å²) in [6.07, 6.45) is 7.32. The van der Waals surface area contributed by atoms with Gasteiger partial charge >= 0.3 is 7.12 Å². The van der Waals surface area contributed by atoms with E-state index in [4.69, 9.17) is 59.8 Å². The Kier molecular flexibility index (Phi) is 15.1. The molecule has 24 heteroatoms. The van der Waals surface area contributed by atoms with Gasteiger partial charge in [-0.1, -0.05) is 24.3 Å². The van der Waals surface area contributed by atoms with Crippen molar-refractivity contribution in [1.29, 1.82) is 0 Å². The number of morpholine rings is 2. The fourth-order valence-electron chi connectivity index (χ4n) is 11.1. The van der Waals surface area contributed by atoms with Crippen molar-refractivity contribution in [2.24, 2.45) is 0 Å². The zero-order valence-electron chi connectivity index (χ0n) is 46.4. The number of aromatic amines is 2. The van der Waals surface area contributed by atoms with Gasteiger partial charge in [0.05, 0.1) is 70.3 Å². The van der Waals surface area contributed by atoms with E-state index in [1.165, 1.54) is 18.0 Å². The van der Waals surface area contributed by atoms with Crippen LogP contribution in [-0.2, 0) is 41.3 Å². The lowest BCUT2D eigenvalue weighted by atomic mass is 9.77. The van der Waals surface area contributed by atoms with Crippen LogP contribution >= 0.6 is 34.3 Å². The minimum Gasteiger partial charge on any atom is -0.399 e. The van der Waals surface area contributed by atoms with Gasteiger partial charge < -0.3 is 48.0 Å². The maximum Gasteiger partial charge on any atom is 0.495 e. The molecule has 0 saturated carbocycles. The molecular weight excluding hydrogens is 1110 g/mol. The molecule has 0 atom stereocenters. The lowest BCUT2D eigenvalue weighted by Gasteiger charge is -2.38. The van der Waals surface area contributed by atoms with Gasteiger partial charge in [0.1, 0.15) is 21.3 Å². The zero-order chi connectivity index (χ0) is 56.4. The number of ether oxygens (including phenoxy) is 4. The van der Waals surface area contributed by atoms with Crippen molar-refractivity contribution >= 4 is 121 Å². The Bertz CT molecular complexity index is 3970. The molecule has 2 N–H and O–H groups in total. The van der Waals surface area contributed by atoms with E-state index in [9.17, 15) is 8.78 Å². The molecule has 82 heavy (non-hydrogen) atoms. The van der Waals surface area contributed by atoms with Gasteiger partial charge in [0.25, 0.3) is 0 Å². The minimum atomic E-state index is -0.543. The highest BCUT2D eigenvalue weighted by molar-refractivity contribution is 7.26. The fraction of sp³-hybridized carbons (Fsp3) is 0.414. The summed E-state index contributed by atoms with van der Waals surface area (Å²) < 4.78 is 64.5. The summed E-state index contributed by atoms with van der Waals surface area (Å²) >= 11 is 9.51. The van der Waals surface area contributed by atoms with E-state index in [0.29, 0.717) is 60.8 Å². The molecule has 0 radical (unpaired) electrons. The first-order valence-electron chi connectivity index (χ1n) is 27.6. The Hall–Kier alpha value is -6.09. The lowest BCUT2D eigenvalue weighted by molar-refractivity contribution is -0.0334. The molecule has 426 valence electrons. The number of anilines is 2. The number of hydrogen-bond donors (Lipinski definition) is 2. The highest BCUT2D eigenvalue weighted by Gasteiger charge is 2.52. The number of methoxy groups -OCH3 is 2. The summed E-state index contributed by atoms with van der Waals surface area (Å²) in [5.74, 6) is 1.69. The largest absolute Gasteiger partial charge is 0.495 e. The molecule has 5 aliphatic rings. The predicted molar refractivity (Wildman–Crippen MR) is 320 cm³/mol. The Morgan fingerprint density at radius 3 is 1.68 bits per heavy atom. The van der Waals surface area contributed by atoms with Crippen LogP contribution in [0.3, 0.4) is 0 Å². The Labute approximate surface area is 485 Å². The third-order valence-electron chi connectivity index (χ3n) is 16.4.